The minimum Gasteiger partial charge on any atom is -0.465 e. The Balaban J connectivity index is 0.00000368. The van der Waals surface area contributed by atoms with Crippen LogP contribution in [-0.2, 0) is 15.1 Å². The zero-order valence-electron chi connectivity index (χ0n) is 23.6. The molecule has 0 aromatic heterocycles. The number of nitrogen functional groups attached to an aromatic ring is 1. The molecule has 2 fully saturated rings. The molecule has 3 aliphatic rings. The maximum Gasteiger partial charge on any atom is 0.337 e. The molecule has 2 saturated heterocycles. The number of benzene rings is 3. The number of esters is 1. The highest BCUT2D eigenvalue weighted by molar-refractivity contribution is 6.31. The number of nitrogens with zero attached hydrogens (tertiary/aromatic N) is 1. The number of carbonyl (C=O) groups is 2. The lowest BCUT2D eigenvalue weighted by molar-refractivity contribution is -0.128. The number of nitrogens with one attached hydrogen (secondary N) is 2. The lowest BCUT2D eigenvalue weighted by atomic mass is 9.73. The number of likely N-dealkylation sites (tertiary alicyclic amines) is 1. The van der Waals surface area contributed by atoms with Gasteiger partial charge in [-0.25, -0.2) is 9.18 Å². The third kappa shape index (κ3) is 4.89. The van der Waals surface area contributed by atoms with E-state index in [0.717, 1.165) is 17.5 Å². The maximum absolute atomic E-state index is 16.0. The van der Waals surface area contributed by atoms with Gasteiger partial charge < -0.3 is 21.1 Å². The van der Waals surface area contributed by atoms with Crippen molar-refractivity contribution in [2.45, 2.75) is 63.7 Å². The highest BCUT2D eigenvalue weighted by atomic mass is 35.5. The van der Waals surface area contributed by atoms with E-state index in [-0.39, 0.29) is 36.5 Å². The molecule has 3 aromatic rings. The molecule has 5 atom stereocenters. The number of ether oxygens (including phenoxy) is 1. The molecule has 0 radical (unpaired) electrons. The van der Waals surface area contributed by atoms with Crippen LogP contribution in [0.3, 0.4) is 0 Å². The summed E-state index contributed by atoms with van der Waals surface area (Å²) in [5.74, 6) is -1.44. The van der Waals surface area contributed by atoms with E-state index in [1.807, 2.05) is 12.1 Å². The van der Waals surface area contributed by atoms with Crippen LogP contribution in [0.2, 0.25) is 10.0 Å². The van der Waals surface area contributed by atoms with Gasteiger partial charge in [-0.3, -0.25) is 9.69 Å². The molecule has 3 heterocycles. The van der Waals surface area contributed by atoms with E-state index in [4.69, 9.17) is 33.7 Å². The summed E-state index contributed by atoms with van der Waals surface area (Å²) in [6, 6.07) is 14.9. The smallest absolute Gasteiger partial charge is 0.337 e. The Bertz CT molecular complexity index is 1580. The van der Waals surface area contributed by atoms with Gasteiger partial charge in [-0.1, -0.05) is 68.7 Å². The number of hydrogen-bond acceptors (Lipinski definition) is 6. The molecule has 1 unspecified atom stereocenters. The van der Waals surface area contributed by atoms with Crippen molar-refractivity contribution in [1.82, 2.24) is 10.2 Å². The number of fused-ring (bicyclic) bond motifs is 3. The zero-order valence-corrected chi connectivity index (χ0v) is 25.1. The van der Waals surface area contributed by atoms with Crippen LogP contribution in [0.4, 0.5) is 15.8 Å². The molecule has 3 aromatic carbocycles. The third-order valence-corrected chi connectivity index (χ3v) is 9.61. The first-order chi connectivity index (χ1) is 20.1. The summed E-state index contributed by atoms with van der Waals surface area (Å²) in [4.78, 5) is 28.7. The molecule has 43 heavy (non-hydrogen) atoms. The van der Waals surface area contributed by atoms with E-state index in [1.165, 1.54) is 13.2 Å². The van der Waals surface area contributed by atoms with Gasteiger partial charge in [0.2, 0.25) is 5.91 Å². The van der Waals surface area contributed by atoms with Gasteiger partial charge in [0.05, 0.1) is 17.7 Å². The predicted octanol–water partition coefficient (Wildman–Crippen LogP) is 6.90. The topological polar surface area (TPSA) is 96.7 Å². The number of methoxy groups -OCH3 is 1. The van der Waals surface area contributed by atoms with Crippen molar-refractivity contribution < 1.29 is 18.7 Å². The van der Waals surface area contributed by atoms with Crippen molar-refractivity contribution in [1.29, 1.82) is 0 Å². The van der Waals surface area contributed by atoms with E-state index in [1.54, 1.807) is 36.4 Å². The number of carbonyl (C=O) groups excluding carboxylic acids is 2. The summed E-state index contributed by atoms with van der Waals surface area (Å²) >= 11 is 12.7. The summed E-state index contributed by atoms with van der Waals surface area (Å²) in [5.41, 5.74) is 8.73. The van der Waals surface area contributed by atoms with Crippen molar-refractivity contribution in [2.24, 2.45) is 5.92 Å². The average molecular weight is 628 g/mol. The molecule has 0 saturated carbocycles. The van der Waals surface area contributed by atoms with Crippen LogP contribution in [-0.4, -0.2) is 42.5 Å². The second-order valence-electron chi connectivity index (χ2n) is 11.8. The minimum absolute atomic E-state index is 0. The summed E-state index contributed by atoms with van der Waals surface area (Å²) in [6.45, 7) is 4.92. The summed E-state index contributed by atoms with van der Waals surface area (Å²) < 4.78 is 20.9. The quantitative estimate of drug-likeness (QED) is 0.203. The molecule has 1 amide bonds. The normalized spacial score (nSPS) is 25.9. The van der Waals surface area contributed by atoms with E-state index >= 15 is 4.39 Å². The summed E-state index contributed by atoms with van der Waals surface area (Å²) in [7, 11) is 1.33. The summed E-state index contributed by atoms with van der Waals surface area (Å²) in [6.07, 6.45) is 1.47. The van der Waals surface area contributed by atoms with E-state index in [2.05, 4.69) is 29.4 Å². The van der Waals surface area contributed by atoms with Crippen LogP contribution < -0.4 is 16.4 Å². The number of hydrogen-bond donors (Lipinski definition) is 3. The van der Waals surface area contributed by atoms with Crippen molar-refractivity contribution in [2.75, 3.05) is 24.7 Å². The van der Waals surface area contributed by atoms with E-state index in [9.17, 15) is 9.59 Å². The van der Waals surface area contributed by atoms with Crippen molar-refractivity contribution >= 4 is 46.5 Å². The Hall–Kier alpha value is -3.17. The molecule has 6 rings (SSSR count). The molecule has 228 valence electrons. The lowest BCUT2D eigenvalue weighted by Crippen LogP contribution is -2.53. The van der Waals surface area contributed by atoms with Gasteiger partial charge in [0.25, 0.3) is 0 Å². The zero-order chi connectivity index (χ0) is 29.9. The molecule has 10 heteroatoms. The van der Waals surface area contributed by atoms with Crippen molar-refractivity contribution in [3.05, 3.63) is 92.7 Å². The molecular weight excluding hydrogens is 590 g/mol. The SMILES string of the molecule is C.COC(=O)c1ccc(C2C[C@H]3[C@@H](N2)[C@H](c2cccc(Cl)c2F)[C@]2(C(=O)Nc4cc(Cl)ccc42)N3CCC(C)C)c(N)c1. The highest BCUT2D eigenvalue weighted by Gasteiger charge is 2.68. The van der Waals surface area contributed by atoms with Crippen LogP contribution in [0.25, 0.3) is 0 Å². The largest absolute Gasteiger partial charge is 0.465 e. The number of anilines is 2. The van der Waals surface area contributed by atoms with Gasteiger partial charge in [-0.2, -0.15) is 0 Å². The number of amides is 1. The van der Waals surface area contributed by atoms with Gasteiger partial charge in [-0.05, 0) is 60.2 Å². The first kappa shape index (κ1) is 31.3. The number of nitrogens with two attached hydrogens (primary N) is 1. The van der Waals surface area contributed by atoms with Crippen molar-refractivity contribution in [3.63, 3.8) is 0 Å². The Morgan fingerprint density at radius 3 is 2.63 bits per heavy atom. The monoisotopic (exact) mass is 626 g/mol. The van der Waals surface area contributed by atoms with Crippen LogP contribution in [0.1, 0.15) is 73.1 Å². The Labute approximate surface area is 261 Å². The molecule has 0 bridgehead atoms. The highest BCUT2D eigenvalue weighted by Crippen LogP contribution is 2.60. The Morgan fingerprint density at radius 2 is 1.93 bits per heavy atom. The maximum atomic E-state index is 16.0. The second-order valence-corrected chi connectivity index (χ2v) is 12.6. The van der Waals surface area contributed by atoms with E-state index in [0.29, 0.717) is 46.4 Å². The third-order valence-electron chi connectivity index (χ3n) is 9.08. The fourth-order valence-electron chi connectivity index (χ4n) is 7.30. The number of halogens is 3. The predicted molar refractivity (Wildman–Crippen MR) is 169 cm³/mol. The Kier molecular flexibility index (Phi) is 8.53. The molecule has 4 N–H and O–H groups in total. The molecular formula is C33H37Cl2FN4O3. The minimum atomic E-state index is -1.19. The lowest BCUT2D eigenvalue weighted by Gasteiger charge is -2.41. The van der Waals surface area contributed by atoms with Gasteiger partial charge in [0.1, 0.15) is 11.4 Å². The van der Waals surface area contributed by atoms with Crippen molar-refractivity contribution in [3.8, 4) is 0 Å². The van der Waals surface area contributed by atoms with Gasteiger partial charge in [-0.15, -0.1) is 0 Å². The first-order valence-corrected chi connectivity index (χ1v) is 14.9. The van der Waals surface area contributed by atoms with Gasteiger partial charge in [0.15, 0.2) is 0 Å². The van der Waals surface area contributed by atoms with Gasteiger partial charge >= 0.3 is 5.97 Å². The molecule has 0 aliphatic carbocycles. The molecule has 3 aliphatic heterocycles. The Morgan fingerprint density at radius 1 is 1.16 bits per heavy atom. The summed E-state index contributed by atoms with van der Waals surface area (Å²) in [5, 5.41) is 7.33. The average Bonchev–Trinajstić information content (AvgIpc) is 3.57. The second kappa shape index (κ2) is 11.7. The van der Waals surface area contributed by atoms with Crippen LogP contribution in [0, 0.1) is 11.7 Å². The van der Waals surface area contributed by atoms with Gasteiger partial charge in [0, 0.05) is 52.5 Å². The fraction of sp³-hybridized carbons (Fsp3) is 0.394. The van der Waals surface area contributed by atoms with Crippen LogP contribution in [0.15, 0.2) is 54.6 Å². The standard InChI is InChI=1S/C32H33Cl2FN4O3.CH4/c1-16(2)11-12-39-26-15-24(19-9-7-17(13-23(19)36)30(40)42-3)37-29(26)27(20-5-4-6-22(34)28(20)35)32(39)21-10-8-18(33)14-25(21)38-31(32)41;/h4-10,13-14,16,24,26-27,29,37H,11-12,15,36H2,1-3H3,(H,38,41);1H4/t24?,26-,27-,29+,32+;/m0./s1. The van der Waals surface area contributed by atoms with Crippen LogP contribution in [0.5, 0.6) is 0 Å². The molecule has 1 spiro atoms. The number of rotatable bonds is 6. The molecule has 7 nitrogen and oxygen atoms in total. The van der Waals surface area contributed by atoms with Crippen LogP contribution >= 0.6 is 23.2 Å². The first-order valence-electron chi connectivity index (χ1n) is 14.1. The van der Waals surface area contributed by atoms with E-state index < -0.39 is 23.2 Å². The fourth-order valence-corrected chi connectivity index (χ4v) is 7.65.